The predicted molar refractivity (Wildman–Crippen MR) is 96.2 cm³/mol. The first-order chi connectivity index (χ1) is 12.7. The third-order valence-electron chi connectivity index (χ3n) is 4.53. The Morgan fingerprint density at radius 1 is 1.00 bits per heavy atom. The van der Waals surface area contributed by atoms with Crippen LogP contribution >= 0.6 is 0 Å². The van der Waals surface area contributed by atoms with Crippen molar-refractivity contribution in [1.82, 2.24) is 29.6 Å². The van der Waals surface area contributed by atoms with E-state index in [1.807, 2.05) is 17.2 Å². The van der Waals surface area contributed by atoms with Crippen LogP contribution in [0.1, 0.15) is 15.9 Å². The molecule has 3 aromatic heterocycles. The number of nitrogens with zero attached hydrogens (tertiary/aromatic N) is 7. The van der Waals surface area contributed by atoms with Gasteiger partial charge in [-0.05, 0) is 30.7 Å². The van der Waals surface area contributed by atoms with Gasteiger partial charge in [-0.2, -0.15) is 0 Å². The second-order valence-electron chi connectivity index (χ2n) is 6.20. The highest BCUT2D eigenvalue weighted by Crippen LogP contribution is 2.18. The summed E-state index contributed by atoms with van der Waals surface area (Å²) in [4.78, 5) is 25.6. The molecule has 0 N–H and O–H groups in total. The topological polar surface area (TPSA) is 80.0 Å². The maximum atomic E-state index is 12.7. The molecule has 26 heavy (non-hydrogen) atoms. The summed E-state index contributed by atoms with van der Waals surface area (Å²) in [7, 11) is 0. The number of hydrogen-bond donors (Lipinski definition) is 0. The summed E-state index contributed by atoms with van der Waals surface area (Å²) in [5.41, 5.74) is 1.74. The van der Waals surface area contributed by atoms with Crippen molar-refractivity contribution in [2.45, 2.75) is 6.92 Å². The molecule has 4 heterocycles. The van der Waals surface area contributed by atoms with E-state index in [0.29, 0.717) is 24.5 Å². The summed E-state index contributed by atoms with van der Waals surface area (Å²) in [5.74, 6) is 1.69. The third-order valence-corrected chi connectivity index (χ3v) is 4.53. The van der Waals surface area contributed by atoms with Gasteiger partial charge in [-0.15, -0.1) is 10.2 Å². The molecule has 1 aliphatic rings. The molecule has 8 nitrogen and oxygen atoms in total. The van der Waals surface area contributed by atoms with E-state index in [2.05, 4.69) is 38.1 Å². The highest BCUT2D eigenvalue weighted by molar-refractivity contribution is 5.94. The van der Waals surface area contributed by atoms with Gasteiger partial charge in [0.1, 0.15) is 24.3 Å². The second-order valence-corrected chi connectivity index (χ2v) is 6.20. The van der Waals surface area contributed by atoms with Crippen molar-refractivity contribution in [2.24, 2.45) is 0 Å². The van der Waals surface area contributed by atoms with Crippen molar-refractivity contribution in [3.05, 3.63) is 60.4 Å². The summed E-state index contributed by atoms with van der Waals surface area (Å²) in [5, 5.41) is 7.51. The standard InChI is InChI=1S/C18H19N7O/c1-14-3-2-6-19-17(14)23-7-9-24(10-8-23)18(26)15-4-5-16(20-11-15)25-12-21-22-13-25/h2-6,11-13H,7-10H2,1H3. The number of hydrogen-bond acceptors (Lipinski definition) is 6. The highest BCUT2D eigenvalue weighted by Gasteiger charge is 2.23. The first-order valence-corrected chi connectivity index (χ1v) is 8.49. The minimum atomic E-state index is 0.00481. The van der Waals surface area contributed by atoms with Crippen LogP contribution in [0.3, 0.4) is 0 Å². The lowest BCUT2D eigenvalue weighted by Crippen LogP contribution is -2.49. The van der Waals surface area contributed by atoms with Gasteiger partial charge in [0.25, 0.3) is 5.91 Å². The Bertz CT molecular complexity index is 884. The van der Waals surface area contributed by atoms with Gasteiger partial charge in [0, 0.05) is 38.6 Å². The number of aryl methyl sites for hydroxylation is 1. The van der Waals surface area contributed by atoms with Gasteiger partial charge >= 0.3 is 0 Å². The van der Waals surface area contributed by atoms with E-state index in [0.717, 1.165) is 24.5 Å². The second kappa shape index (κ2) is 6.91. The molecule has 0 aromatic carbocycles. The van der Waals surface area contributed by atoms with Gasteiger partial charge in [0.15, 0.2) is 0 Å². The van der Waals surface area contributed by atoms with Crippen LogP contribution in [0.15, 0.2) is 49.3 Å². The molecule has 1 amide bonds. The number of amides is 1. The number of rotatable bonds is 3. The fourth-order valence-corrected chi connectivity index (χ4v) is 3.10. The molecule has 0 spiro atoms. The van der Waals surface area contributed by atoms with E-state index in [-0.39, 0.29) is 5.91 Å². The van der Waals surface area contributed by atoms with Crippen LogP contribution in [-0.2, 0) is 0 Å². The summed E-state index contributed by atoms with van der Waals surface area (Å²) in [6.45, 7) is 4.94. The number of piperazine rings is 1. The third kappa shape index (κ3) is 3.13. The Morgan fingerprint density at radius 3 is 2.42 bits per heavy atom. The van der Waals surface area contributed by atoms with Gasteiger partial charge in [0.2, 0.25) is 0 Å². The number of aromatic nitrogens is 5. The van der Waals surface area contributed by atoms with E-state index in [4.69, 9.17) is 0 Å². The molecule has 1 saturated heterocycles. The molecule has 132 valence electrons. The molecule has 0 bridgehead atoms. The monoisotopic (exact) mass is 349 g/mol. The molecule has 3 aromatic rings. The van der Waals surface area contributed by atoms with Crippen LogP contribution in [0.25, 0.3) is 5.82 Å². The van der Waals surface area contributed by atoms with E-state index in [9.17, 15) is 4.79 Å². The molecule has 0 aliphatic carbocycles. The SMILES string of the molecule is Cc1cccnc1N1CCN(C(=O)c2ccc(-n3cnnc3)nc2)CC1. The molecule has 4 rings (SSSR count). The van der Waals surface area contributed by atoms with Gasteiger partial charge in [-0.1, -0.05) is 6.07 Å². The lowest BCUT2D eigenvalue weighted by atomic mass is 10.2. The fourth-order valence-electron chi connectivity index (χ4n) is 3.10. The van der Waals surface area contributed by atoms with Crippen LogP contribution in [0.4, 0.5) is 5.82 Å². The Balaban J connectivity index is 1.41. The van der Waals surface area contributed by atoms with Crippen LogP contribution in [0.5, 0.6) is 0 Å². The van der Waals surface area contributed by atoms with E-state index in [1.165, 1.54) is 0 Å². The normalized spacial score (nSPS) is 14.5. The van der Waals surface area contributed by atoms with Crippen molar-refractivity contribution >= 4 is 11.7 Å². The zero-order valence-corrected chi connectivity index (χ0v) is 14.5. The van der Waals surface area contributed by atoms with Gasteiger partial charge in [0.05, 0.1) is 5.56 Å². The smallest absolute Gasteiger partial charge is 0.255 e. The Kier molecular flexibility index (Phi) is 4.30. The molecule has 1 aliphatic heterocycles. The van der Waals surface area contributed by atoms with Crippen LogP contribution in [0, 0.1) is 6.92 Å². The number of carbonyl (C=O) groups excluding carboxylic acids is 1. The Morgan fingerprint density at radius 2 is 1.77 bits per heavy atom. The lowest BCUT2D eigenvalue weighted by molar-refractivity contribution is 0.0746. The molecule has 0 atom stereocenters. The van der Waals surface area contributed by atoms with Crippen molar-refractivity contribution in [3.8, 4) is 5.82 Å². The van der Waals surface area contributed by atoms with E-state index < -0.39 is 0 Å². The molecular formula is C18H19N7O. The molecule has 0 unspecified atom stereocenters. The molecule has 0 radical (unpaired) electrons. The molecule has 1 fully saturated rings. The van der Waals surface area contributed by atoms with Crippen molar-refractivity contribution < 1.29 is 4.79 Å². The van der Waals surface area contributed by atoms with Crippen molar-refractivity contribution in [2.75, 3.05) is 31.1 Å². The Labute approximate surface area is 151 Å². The number of pyridine rings is 2. The van der Waals surface area contributed by atoms with Crippen LogP contribution < -0.4 is 4.90 Å². The minimum Gasteiger partial charge on any atom is -0.353 e. The molecule has 0 saturated carbocycles. The van der Waals surface area contributed by atoms with E-state index >= 15 is 0 Å². The quantitative estimate of drug-likeness (QED) is 0.710. The first kappa shape index (κ1) is 16.2. The summed E-state index contributed by atoms with van der Waals surface area (Å²) in [6, 6.07) is 7.59. The molecular weight excluding hydrogens is 330 g/mol. The van der Waals surface area contributed by atoms with Crippen molar-refractivity contribution in [1.29, 1.82) is 0 Å². The summed E-state index contributed by atoms with van der Waals surface area (Å²) < 4.78 is 1.70. The highest BCUT2D eigenvalue weighted by atomic mass is 16.2. The minimum absolute atomic E-state index is 0.00481. The number of anilines is 1. The van der Waals surface area contributed by atoms with Gasteiger partial charge in [-0.25, -0.2) is 9.97 Å². The fraction of sp³-hybridized carbons (Fsp3) is 0.278. The maximum absolute atomic E-state index is 12.7. The predicted octanol–water partition coefficient (Wildman–Crippen LogP) is 1.33. The average molecular weight is 349 g/mol. The first-order valence-electron chi connectivity index (χ1n) is 8.49. The Hall–Kier alpha value is -3.29. The summed E-state index contributed by atoms with van der Waals surface area (Å²) >= 11 is 0. The van der Waals surface area contributed by atoms with Gasteiger partial charge in [-0.3, -0.25) is 9.36 Å². The van der Waals surface area contributed by atoms with E-state index in [1.54, 1.807) is 35.6 Å². The molecule has 8 heteroatoms. The van der Waals surface area contributed by atoms with Gasteiger partial charge < -0.3 is 9.80 Å². The lowest BCUT2D eigenvalue weighted by Gasteiger charge is -2.36. The summed E-state index contributed by atoms with van der Waals surface area (Å²) in [6.07, 6.45) is 6.56. The largest absolute Gasteiger partial charge is 0.353 e. The number of carbonyl (C=O) groups is 1. The van der Waals surface area contributed by atoms with Crippen LogP contribution in [-0.4, -0.2) is 61.7 Å². The zero-order valence-electron chi connectivity index (χ0n) is 14.5. The average Bonchev–Trinajstić information content (AvgIpc) is 3.23. The van der Waals surface area contributed by atoms with Crippen molar-refractivity contribution in [3.63, 3.8) is 0 Å². The van der Waals surface area contributed by atoms with Crippen LogP contribution in [0.2, 0.25) is 0 Å². The maximum Gasteiger partial charge on any atom is 0.255 e. The zero-order chi connectivity index (χ0) is 17.9.